The van der Waals surface area contributed by atoms with Gasteiger partial charge in [-0.25, -0.2) is 0 Å². The molecule has 0 radical (unpaired) electrons. The summed E-state index contributed by atoms with van der Waals surface area (Å²) in [6.07, 6.45) is 3.34. The average Bonchev–Trinajstić information content (AvgIpc) is 2.59. The van der Waals surface area contributed by atoms with Gasteiger partial charge in [-0.1, -0.05) is 12.1 Å². The maximum atomic E-state index is 11.3. The fraction of sp³-hybridized carbons (Fsp3) is 0.167. The van der Waals surface area contributed by atoms with Crippen LogP contribution in [-0.4, -0.2) is 23.3 Å². The van der Waals surface area contributed by atoms with E-state index < -0.39 is 0 Å². The molecule has 0 spiro atoms. The molecule has 1 aromatic carbocycles. The zero-order valence-electron chi connectivity index (χ0n) is 8.52. The quantitative estimate of drug-likeness (QED) is 0.628. The van der Waals surface area contributed by atoms with Gasteiger partial charge in [0.2, 0.25) is 0 Å². The predicted molar refractivity (Wildman–Crippen MR) is 68.7 cm³/mol. The molecule has 0 fully saturated rings. The van der Waals surface area contributed by atoms with Gasteiger partial charge >= 0.3 is 0 Å². The van der Waals surface area contributed by atoms with Crippen molar-refractivity contribution in [3.05, 3.63) is 45.6 Å². The monoisotopic (exact) mass is 324 g/mol. The molecule has 1 aromatic rings. The lowest BCUT2D eigenvalue weighted by Crippen LogP contribution is -2.31. The smallest absolute Gasteiger partial charge is 0.253 e. The summed E-state index contributed by atoms with van der Waals surface area (Å²) in [6, 6.07) is 8.06. The molecule has 1 aliphatic rings. The summed E-state index contributed by atoms with van der Waals surface area (Å²) in [6.45, 7) is 0.450. The minimum Gasteiger partial charge on any atom is -0.275 e. The molecule has 0 bridgehead atoms. The number of nitrogens with zero attached hydrogens (tertiary/aromatic N) is 1. The Morgan fingerprint density at radius 3 is 2.12 bits per heavy atom. The van der Waals surface area contributed by atoms with Gasteiger partial charge in [-0.15, -0.1) is 0 Å². The zero-order valence-corrected chi connectivity index (χ0v) is 10.7. The van der Waals surface area contributed by atoms with Crippen LogP contribution < -0.4 is 0 Å². The Balaban J connectivity index is 1.95. The van der Waals surface area contributed by atoms with E-state index >= 15 is 0 Å². The van der Waals surface area contributed by atoms with Gasteiger partial charge in [-0.3, -0.25) is 14.5 Å². The Bertz CT molecular complexity index is 433. The van der Waals surface area contributed by atoms with Crippen molar-refractivity contribution in [2.75, 3.05) is 6.54 Å². The largest absolute Gasteiger partial charge is 0.275 e. The van der Waals surface area contributed by atoms with Crippen molar-refractivity contribution in [2.45, 2.75) is 6.42 Å². The van der Waals surface area contributed by atoms with Gasteiger partial charge < -0.3 is 0 Å². The van der Waals surface area contributed by atoms with Gasteiger partial charge in [0.15, 0.2) is 0 Å². The molecule has 0 aromatic heterocycles. The maximum Gasteiger partial charge on any atom is 0.253 e. The number of rotatable bonds is 3. The van der Waals surface area contributed by atoms with Crippen molar-refractivity contribution >= 4 is 34.4 Å². The summed E-state index contributed by atoms with van der Waals surface area (Å²) in [4.78, 5) is 23.8. The fourth-order valence-electron chi connectivity index (χ4n) is 1.54. The van der Waals surface area contributed by atoms with Crippen molar-refractivity contribution in [2.24, 2.45) is 0 Å². The third-order valence-electron chi connectivity index (χ3n) is 2.44. The second-order valence-electron chi connectivity index (χ2n) is 3.54. The number of hydrogen-bond acceptors (Lipinski definition) is 2. The van der Waals surface area contributed by atoms with E-state index in [0.717, 1.165) is 5.56 Å². The standard InChI is InChI=1S/C12H10INO2/c13-10-3-1-9(2-4-10)7-8-14-11(15)5-6-12(14)16/h1-6H,7-8H2/i13-3. The lowest BCUT2D eigenvalue weighted by atomic mass is 10.1. The van der Waals surface area contributed by atoms with Crippen LogP contribution in [0.4, 0.5) is 0 Å². The molecule has 2 amide bonds. The first-order valence-electron chi connectivity index (χ1n) is 4.95. The van der Waals surface area contributed by atoms with E-state index in [9.17, 15) is 9.59 Å². The van der Waals surface area contributed by atoms with Crippen LogP contribution in [0.15, 0.2) is 36.4 Å². The van der Waals surface area contributed by atoms with E-state index in [-0.39, 0.29) is 11.8 Å². The highest BCUT2D eigenvalue weighted by atomic mass is 124. The summed E-state index contributed by atoms with van der Waals surface area (Å²) in [7, 11) is 0. The molecule has 0 aliphatic carbocycles. The molecule has 1 aliphatic heterocycles. The molecule has 3 nitrogen and oxygen atoms in total. The van der Waals surface area contributed by atoms with Gasteiger partial charge in [-0.2, -0.15) is 0 Å². The summed E-state index contributed by atoms with van der Waals surface area (Å²) in [5.74, 6) is -0.425. The van der Waals surface area contributed by atoms with E-state index in [1.165, 1.54) is 20.6 Å². The minimum atomic E-state index is -0.212. The van der Waals surface area contributed by atoms with Crippen LogP contribution in [0, 0.1) is 3.57 Å². The molecule has 0 atom stereocenters. The maximum absolute atomic E-state index is 11.3. The normalized spacial score (nSPS) is 14.9. The third-order valence-corrected chi connectivity index (χ3v) is 3.16. The summed E-state index contributed by atoms with van der Waals surface area (Å²) >= 11 is 2.24. The molecule has 0 N–H and O–H groups in total. The Morgan fingerprint density at radius 2 is 1.56 bits per heavy atom. The van der Waals surface area contributed by atoms with Gasteiger partial charge in [0.05, 0.1) is 0 Å². The number of carbonyl (C=O) groups is 2. The van der Waals surface area contributed by atoms with Crippen LogP contribution in [0.5, 0.6) is 0 Å². The van der Waals surface area contributed by atoms with Crippen LogP contribution >= 0.6 is 22.6 Å². The van der Waals surface area contributed by atoms with Crippen molar-refractivity contribution in [1.82, 2.24) is 4.90 Å². The molecule has 82 valence electrons. The summed E-state index contributed by atoms with van der Waals surface area (Å²) in [5, 5.41) is 0. The number of halogens is 1. The first kappa shape index (κ1) is 11.3. The second-order valence-corrected chi connectivity index (χ2v) is 4.78. The van der Waals surface area contributed by atoms with Crippen LogP contribution in [-0.2, 0) is 16.0 Å². The van der Waals surface area contributed by atoms with Crippen molar-refractivity contribution < 1.29 is 9.59 Å². The average molecular weight is 324 g/mol. The molecule has 1 heterocycles. The van der Waals surface area contributed by atoms with E-state index in [1.807, 2.05) is 24.3 Å². The first-order chi connectivity index (χ1) is 7.66. The highest BCUT2D eigenvalue weighted by Gasteiger charge is 2.22. The van der Waals surface area contributed by atoms with Crippen LogP contribution in [0.1, 0.15) is 5.56 Å². The van der Waals surface area contributed by atoms with E-state index in [2.05, 4.69) is 22.6 Å². The van der Waals surface area contributed by atoms with Gasteiger partial charge in [0.25, 0.3) is 11.8 Å². The minimum absolute atomic E-state index is 0.212. The Hall–Kier alpha value is -1.17. The second kappa shape index (κ2) is 4.78. The molecular formula is C12H10INO2. The third kappa shape index (κ3) is 2.49. The Kier molecular flexibility index (Phi) is 3.38. The Labute approximate surface area is 107 Å². The SMILES string of the molecule is O=C1C=CC(=O)N1CCc1ccc([124I])cc1. The molecule has 2 rings (SSSR count). The summed E-state index contributed by atoms with van der Waals surface area (Å²) < 4.78 is 1.18. The predicted octanol–water partition coefficient (Wildman–Crippen LogP) is 1.76. The van der Waals surface area contributed by atoms with Crippen LogP contribution in [0.25, 0.3) is 0 Å². The van der Waals surface area contributed by atoms with Gasteiger partial charge in [0, 0.05) is 22.3 Å². The fourth-order valence-corrected chi connectivity index (χ4v) is 1.90. The van der Waals surface area contributed by atoms with E-state index in [0.29, 0.717) is 13.0 Å². The molecule has 0 saturated heterocycles. The van der Waals surface area contributed by atoms with Gasteiger partial charge in [-0.05, 0) is 46.7 Å². The molecule has 16 heavy (non-hydrogen) atoms. The van der Waals surface area contributed by atoms with Crippen molar-refractivity contribution in [3.8, 4) is 0 Å². The molecule has 4 heteroatoms. The zero-order chi connectivity index (χ0) is 11.5. The number of benzene rings is 1. The Morgan fingerprint density at radius 1 is 1.00 bits per heavy atom. The van der Waals surface area contributed by atoms with Crippen LogP contribution in [0.3, 0.4) is 0 Å². The number of hydrogen-bond donors (Lipinski definition) is 0. The van der Waals surface area contributed by atoms with E-state index in [1.54, 1.807) is 0 Å². The number of carbonyl (C=O) groups excluding carboxylic acids is 2. The topological polar surface area (TPSA) is 37.4 Å². The lowest BCUT2D eigenvalue weighted by Gasteiger charge is -2.13. The highest BCUT2D eigenvalue weighted by Crippen LogP contribution is 2.09. The van der Waals surface area contributed by atoms with Crippen LogP contribution in [0.2, 0.25) is 0 Å². The lowest BCUT2D eigenvalue weighted by molar-refractivity contribution is -0.136. The van der Waals surface area contributed by atoms with E-state index in [4.69, 9.17) is 0 Å². The highest BCUT2D eigenvalue weighted by molar-refractivity contribution is 14.1. The summed E-state index contributed by atoms with van der Waals surface area (Å²) in [5.41, 5.74) is 1.13. The van der Waals surface area contributed by atoms with Crippen molar-refractivity contribution in [3.63, 3.8) is 0 Å². The molecule has 0 saturated carbocycles. The van der Waals surface area contributed by atoms with Gasteiger partial charge in [0.1, 0.15) is 0 Å². The van der Waals surface area contributed by atoms with Crippen molar-refractivity contribution in [1.29, 1.82) is 0 Å². The molecular weight excluding hydrogens is 314 g/mol. The molecule has 0 unspecified atom stereocenters. The first-order valence-corrected chi connectivity index (χ1v) is 6.03. The number of imide groups is 1. The number of amides is 2.